The molecule has 0 amide bonds. The van der Waals surface area contributed by atoms with E-state index in [2.05, 4.69) is 13.0 Å². The van der Waals surface area contributed by atoms with Gasteiger partial charge in [-0.05, 0) is 61.7 Å². The van der Waals surface area contributed by atoms with Crippen LogP contribution in [0.25, 0.3) is 0 Å². The van der Waals surface area contributed by atoms with Crippen LogP contribution in [0.4, 0.5) is 0 Å². The molecule has 0 N–H and O–H groups in total. The van der Waals surface area contributed by atoms with Gasteiger partial charge in [0.2, 0.25) is 0 Å². The maximum atomic E-state index is 11.4. The van der Waals surface area contributed by atoms with Gasteiger partial charge < -0.3 is 23.7 Å². The van der Waals surface area contributed by atoms with E-state index in [4.69, 9.17) is 18.9 Å². The molecule has 0 unspecified atom stereocenters. The topological polar surface area (TPSA) is 54.0 Å². The van der Waals surface area contributed by atoms with Gasteiger partial charge in [-0.25, -0.2) is 0 Å². The molecule has 3 saturated carbocycles. The number of hydrogen-bond donors (Lipinski definition) is 0. The fourth-order valence-corrected chi connectivity index (χ4v) is 8.82. The molecule has 2 heterocycles. The molecular formula is C25H36O5. The van der Waals surface area contributed by atoms with Crippen molar-refractivity contribution in [3.05, 3.63) is 11.6 Å². The van der Waals surface area contributed by atoms with Crippen LogP contribution < -0.4 is 0 Å². The summed E-state index contributed by atoms with van der Waals surface area (Å²) in [7, 11) is 0. The Morgan fingerprint density at radius 2 is 1.70 bits per heavy atom. The lowest BCUT2D eigenvalue weighted by molar-refractivity contribution is -0.244. The van der Waals surface area contributed by atoms with E-state index in [-0.39, 0.29) is 16.6 Å². The van der Waals surface area contributed by atoms with Crippen molar-refractivity contribution in [2.24, 2.45) is 28.6 Å². The SMILES string of the molecule is C[C@]12CC[C@H]3[C@@H](CC=C4CC5(CC[C@@]43CCC=O)OCCO5)[C@@H]1CCC21OCCO1. The summed E-state index contributed by atoms with van der Waals surface area (Å²) in [6.07, 6.45) is 14.0. The third-order valence-corrected chi connectivity index (χ3v) is 10.2. The summed E-state index contributed by atoms with van der Waals surface area (Å²) in [5, 5.41) is 0. The number of allylic oxidation sites excluding steroid dienone is 1. The fourth-order valence-electron chi connectivity index (χ4n) is 8.82. The van der Waals surface area contributed by atoms with Crippen molar-refractivity contribution in [3.8, 4) is 0 Å². The number of fused-ring (bicyclic) bond motifs is 6. The van der Waals surface area contributed by atoms with E-state index in [1.165, 1.54) is 24.8 Å². The molecule has 30 heavy (non-hydrogen) atoms. The zero-order valence-corrected chi connectivity index (χ0v) is 18.3. The van der Waals surface area contributed by atoms with Crippen molar-refractivity contribution < 1.29 is 23.7 Å². The van der Waals surface area contributed by atoms with E-state index >= 15 is 0 Å². The second-order valence-corrected chi connectivity index (χ2v) is 10.9. The van der Waals surface area contributed by atoms with Crippen molar-refractivity contribution in [2.45, 2.75) is 82.7 Å². The van der Waals surface area contributed by atoms with Crippen molar-refractivity contribution in [2.75, 3.05) is 26.4 Å². The van der Waals surface area contributed by atoms with Crippen molar-refractivity contribution >= 4 is 6.29 Å². The van der Waals surface area contributed by atoms with E-state index in [1.54, 1.807) is 0 Å². The monoisotopic (exact) mass is 416 g/mol. The van der Waals surface area contributed by atoms with Gasteiger partial charge in [-0.1, -0.05) is 18.6 Å². The van der Waals surface area contributed by atoms with E-state index in [0.717, 1.165) is 58.0 Å². The third-order valence-electron chi connectivity index (χ3n) is 10.2. The largest absolute Gasteiger partial charge is 0.347 e. The van der Waals surface area contributed by atoms with E-state index in [9.17, 15) is 4.79 Å². The highest BCUT2D eigenvalue weighted by molar-refractivity contribution is 5.49. The Morgan fingerprint density at radius 1 is 0.967 bits per heavy atom. The zero-order chi connectivity index (χ0) is 20.5. The average Bonchev–Trinajstić information content (AvgIpc) is 3.48. The molecule has 0 aromatic rings. The normalized spacial score (nSPS) is 45.8. The predicted molar refractivity (Wildman–Crippen MR) is 111 cm³/mol. The second-order valence-electron chi connectivity index (χ2n) is 10.9. The quantitative estimate of drug-likeness (QED) is 0.504. The highest BCUT2D eigenvalue weighted by Gasteiger charge is 2.67. The smallest absolute Gasteiger partial charge is 0.174 e. The van der Waals surface area contributed by atoms with Crippen LogP contribution in [-0.2, 0) is 23.7 Å². The molecule has 4 aliphatic carbocycles. The first-order valence-electron chi connectivity index (χ1n) is 12.3. The second kappa shape index (κ2) is 6.87. The summed E-state index contributed by atoms with van der Waals surface area (Å²) < 4.78 is 24.8. The van der Waals surface area contributed by atoms with Crippen LogP contribution in [0.2, 0.25) is 0 Å². The van der Waals surface area contributed by atoms with Gasteiger partial charge in [-0.3, -0.25) is 0 Å². The lowest BCUT2D eigenvalue weighted by atomic mass is 9.46. The first-order valence-corrected chi connectivity index (χ1v) is 12.3. The highest BCUT2D eigenvalue weighted by Crippen LogP contribution is 2.70. The first kappa shape index (κ1) is 19.9. The van der Waals surface area contributed by atoms with E-state index < -0.39 is 5.79 Å². The summed E-state index contributed by atoms with van der Waals surface area (Å²) in [6.45, 7) is 5.35. The molecule has 6 aliphatic rings. The molecule has 2 spiro atoms. The molecule has 0 bridgehead atoms. The number of aldehydes is 1. The Bertz CT molecular complexity index is 734. The molecule has 2 aliphatic heterocycles. The molecule has 5 nitrogen and oxygen atoms in total. The number of rotatable bonds is 3. The average molecular weight is 417 g/mol. The highest BCUT2D eigenvalue weighted by atomic mass is 16.7. The standard InChI is InChI=1S/C25H36O5/c1-22-8-5-21-19(20(22)6-9-25(22)29-15-16-30-25)4-3-18-17-24(27-13-14-28-24)11-10-23(18,21)7-2-12-26/h3,12,19-21H,2,4-11,13-17H2,1H3/t19-,20-,21-,22-,23-/m0/s1. The van der Waals surface area contributed by atoms with Gasteiger partial charge in [0.25, 0.3) is 0 Å². The Balaban J connectivity index is 1.34. The van der Waals surface area contributed by atoms with Crippen molar-refractivity contribution in [3.63, 3.8) is 0 Å². The lowest BCUT2D eigenvalue weighted by Crippen LogP contribution is -2.56. The summed E-state index contributed by atoms with van der Waals surface area (Å²) in [5.41, 5.74) is 1.80. The zero-order valence-electron chi connectivity index (χ0n) is 18.3. The minimum absolute atomic E-state index is 0.120. The molecule has 5 fully saturated rings. The molecule has 5 atom stereocenters. The number of hydrogen-bond acceptors (Lipinski definition) is 5. The van der Waals surface area contributed by atoms with Crippen LogP contribution in [0.15, 0.2) is 11.6 Å². The van der Waals surface area contributed by atoms with Gasteiger partial charge in [-0.2, -0.15) is 0 Å². The molecular weight excluding hydrogens is 380 g/mol. The third kappa shape index (κ3) is 2.52. The maximum Gasteiger partial charge on any atom is 0.174 e. The summed E-state index contributed by atoms with van der Waals surface area (Å²) in [4.78, 5) is 11.4. The van der Waals surface area contributed by atoms with Crippen LogP contribution >= 0.6 is 0 Å². The van der Waals surface area contributed by atoms with Crippen LogP contribution in [0.3, 0.4) is 0 Å². The molecule has 0 radical (unpaired) electrons. The Labute approximate surface area is 179 Å². The molecule has 2 saturated heterocycles. The van der Waals surface area contributed by atoms with Gasteiger partial charge in [-0.15, -0.1) is 0 Å². The molecule has 166 valence electrons. The molecule has 5 heteroatoms. The summed E-state index contributed by atoms with van der Waals surface area (Å²) >= 11 is 0. The first-order chi connectivity index (χ1) is 14.6. The minimum atomic E-state index is -0.393. The molecule has 6 rings (SSSR count). The minimum Gasteiger partial charge on any atom is -0.347 e. The van der Waals surface area contributed by atoms with Crippen LogP contribution in [0.1, 0.15) is 71.1 Å². The van der Waals surface area contributed by atoms with E-state index in [0.29, 0.717) is 37.4 Å². The van der Waals surface area contributed by atoms with Gasteiger partial charge in [0.05, 0.1) is 26.4 Å². The predicted octanol–water partition coefficient (Wildman–Crippen LogP) is 4.39. The lowest BCUT2D eigenvalue weighted by Gasteiger charge is -2.60. The summed E-state index contributed by atoms with van der Waals surface area (Å²) in [5.74, 6) is 1.24. The molecule has 0 aromatic heterocycles. The fraction of sp³-hybridized carbons (Fsp3) is 0.880. The number of carbonyl (C=O) groups excluding carboxylic acids is 1. The van der Waals surface area contributed by atoms with Gasteiger partial charge in [0.15, 0.2) is 11.6 Å². The van der Waals surface area contributed by atoms with Gasteiger partial charge in [0.1, 0.15) is 6.29 Å². The number of ether oxygens (including phenoxy) is 4. The van der Waals surface area contributed by atoms with E-state index in [1.807, 2.05) is 0 Å². The maximum absolute atomic E-state index is 11.4. The van der Waals surface area contributed by atoms with Gasteiger partial charge in [0, 0.05) is 31.1 Å². The Kier molecular flexibility index (Phi) is 4.56. The van der Waals surface area contributed by atoms with Gasteiger partial charge >= 0.3 is 0 Å². The summed E-state index contributed by atoms with van der Waals surface area (Å²) in [6, 6.07) is 0. The van der Waals surface area contributed by atoms with Crippen molar-refractivity contribution in [1.29, 1.82) is 0 Å². The Hall–Kier alpha value is -0.750. The molecule has 0 aromatic carbocycles. The van der Waals surface area contributed by atoms with Crippen LogP contribution in [-0.4, -0.2) is 44.3 Å². The number of carbonyl (C=O) groups is 1. The van der Waals surface area contributed by atoms with Crippen molar-refractivity contribution in [1.82, 2.24) is 0 Å². The van der Waals surface area contributed by atoms with Crippen LogP contribution in [0, 0.1) is 28.6 Å². The Morgan fingerprint density at radius 3 is 2.47 bits per heavy atom. The van der Waals surface area contributed by atoms with Crippen LogP contribution in [0.5, 0.6) is 0 Å².